The van der Waals surface area contributed by atoms with Crippen molar-refractivity contribution in [1.29, 1.82) is 0 Å². The van der Waals surface area contributed by atoms with Gasteiger partial charge in [-0.25, -0.2) is 4.39 Å². The summed E-state index contributed by atoms with van der Waals surface area (Å²) in [4.78, 5) is 18.7. The van der Waals surface area contributed by atoms with Crippen molar-refractivity contribution in [3.8, 4) is 0 Å². The van der Waals surface area contributed by atoms with Crippen molar-refractivity contribution in [2.24, 2.45) is 4.99 Å². The normalized spacial score (nSPS) is 27.4. The predicted molar refractivity (Wildman–Crippen MR) is 86.0 cm³/mol. The van der Waals surface area contributed by atoms with Crippen LogP contribution >= 0.6 is 11.8 Å². The van der Waals surface area contributed by atoms with Gasteiger partial charge >= 0.3 is 0 Å². The number of rotatable bonds is 1. The Labute approximate surface area is 133 Å². The van der Waals surface area contributed by atoms with Crippen LogP contribution in [0.25, 0.3) is 6.08 Å². The van der Waals surface area contributed by atoms with Crippen LogP contribution in [0.1, 0.15) is 19.4 Å². The molecule has 6 heteroatoms. The third-order valence-corrected chi connectivity index (χ3v) is 4.54. The van der Waals surface area contributed by atoms with Crippen LogP contribution in [0.2, 0.25) is 0 Å². The number of thioether (sulfide) groups is 1. The number of carbonyl (C=O) groups excluding carboxylic acids is 1. The first kappa shape index (κ1) is 15.2. The molecular weight excluding hydrogens is 303 g/mol. The van der Waals surface area contributed by atoms with E-state index in [1.807, 2.05) is 13.8 Å². The maximum absolute atomic E-state index is 13.7. The van der Waals surface area contributed by atoms with Crippen molar-refractivity contribution < 1.29 is 13.9 Å². The molecular formula is C16H17FN2O2S. The largest absolute Gasteiger partial charge is 0.372 e. The van der Waals surface area contributed by atoms with Gasteiger partial charge in [0, 0.05) is 18.7 Å². The van der Waals surface area contributed by atoms with Crippen LogP contribution in [0, 0.1) is 5.82 Å². The molecule has 2 aliphatic rings. The number of amidine groups is 1. The van der Waals surface area contributed by atoms with Gasteiger partial charge in [0.05, 0.1) is 17.1 Å². The first-order valence-corrected chi connectivity index (χ1v) is 8.02. The highest BCUT2D eigenvalue weighted by Crippen LogP contribution is 2.31. The van der Waals surface area contributed by atoms with Crippen LogP contribution in [-0.2, 0) is 9.53 Å². The van der Waals surface area contributed by atoms with Crippen LogP contribution in [0.3, 0.4) is 0 Å². The van der Waals surface area contributed by atoms with Gasteiger partial charge < -0.3 is 9.64 Å². The van der Waals surface area contributed by atoms with Crippen LogP contribution in [0.15, 0.2) is 34.2 Å². The molecule has 1 saturated heterocycles. The highest BCUT2D eigenvalue weighted by atomic mass is 32.2. The fourth-order valence-corrected chi connectivity index (χ4v) is 3.52. The summed E-state index contributed by atoms with van der Waals surface area (Å²) >= 11 is 1.30. The van der Waals surface area contributed by atoms with Gasteiger partial charge in [0.25, 0.3) is 5.91 Å². The van der Waals surface area contributed by atoms with Crippen LogP contribution in [0.5, 0.6) is 0 Å². The number of amides is 1. The molecule has 2 atom stereocenters. The molecule has 4 nitrogen and oxygen atoms in total. The molecule has 0 saturated carbocycles. The van der Waals surface area contributed by atoms with E-state index in [-0.39, 0.29) is 23.9 Å². The Balaban J connectivity index is 1.78. The van der Waals surface area contributed by atoms with Crippen molar-refractivity contribution >= 4 is 28.9 Å². The van der Waals surface area contributed by atoms with E-state index in [0.717, 1.165) is 0 Å². The lowest BCUT2D eigenvalue weighted by Gasteiger charge is -2.35. The second-order valence-corrected chi connectivity index (χ2v) is 6.50. The molecule has 1 amide bonds. The van der Waals surface area contributed by atoms with E-state index >= 15 is 0 Å². The first-order chi connectivity index (χ1) is 10.5. The Bertz CT molecular complexity index is 649. The molecule has 1 aromatic carbocycles. The van der Waals surface area contributed by atoms with Gasteiger partial charge in [-0.3, -0.25) is 4.79 Å². The number of benzene rings is 1. The van der Waals surface area contributed by atoms with E-state index in [2.05, 4.69) is 9.89 Å². The highest BCUT2D eigenvalue weighted by molar-refractivity contribution is 8.18. The Hall–Kier alpha value is -1.66. The smallest absolute Gasteiger partial charge is 0.286 e. The topological polar surface area (TPSA) is 41.9 Å². The van der Waals surface area contributed by atoms with Crippen LogP contribution in [-0.4, -0.2) is 41.3 Å². The molecule has 0 aliphatic carbocycles. The van der Waals surface area contributed by atoms with Gasteiger partial charge in [-0.15, -0.1) is 0 Å². The van der Waals surface area contributed by atoms with Crippen LogP contribution in [0.4, 0.5) is 4.39 Å². The molecule has 2 heterocycles. The minimum Gasteiger partial charge on any atom is -0.372 e. The number of aliphatic imine (C=N–C) groups is 1. The zero-order chi connectivity index (χ0) is 15.7. The molecule has 22 heavy (non-hydrogen) atoms. The number of carbonyl (C=O) groups is 1. The van der Waals surface area contributed by atoms with Gasteiger partial charge in [0.15, 0.2) is 5.17 Å². The molecule has 1 fully saturated rings. The molecule has 0 N–H and O–H groups in total. The molecule has 1 aromatic rings. The SMILES string of the molecule is CC1CN(C2=NC(=O)/C(=C\c3ccccc3F)S2)CC(C)O1. The number of ether oxygens (including phenoxy) is 1. The van der Waals surface area contributed by atoms with Gasteiger partial charge in [0.2, 0.25) is 0 Å². The van der Waals surface area contributed by atoms with E-state index in [4.69, 9.17) is 4.74 Å². The summed E-state index contributed by atoms with van der Waals surface area (Å²) in [5.74, 6) is -0.652. The van der Waals surface area contributed by atoms with E-state index in [1.165, 1.54) is 17.8 Å². The number of hydrogen-bond acceptors (Lipinski definition) is 4. The first-order valence-electron chi connectivity index (χ1n) is 7.20. The van der Waals surface area contributed by atoms with Crippen molar-refractivity contribution in [1.82, 2.24) is 4.90 Å². The molecule has 0 radical (unpaired) electrons. The molecule has 116 valence electrons. The third kappa shape index (κ3) is 3.23. The Morgan fingerprint density at radius 2 is 2.00 bits per heavy atom. The zero-order valence-electron chi connectivity index (χ0n) is 12.5. The maximum Gasteiger partial charge on any atom is 0.286 e. The molecule has 2 aliphatic heterocycles. The number of hydrogen-bond donors (Lipinski definition) is 0. The Morgan fingerprint density at radius 1 is 1.32 bits per heavy atom. The van der Waals surface area contributed by atoms with E-state index in [0.29, 0.717) is 28.7 Å². The summed E-state index contributed by atoms with van der Waals surface area (Å²) in [5, 5.41) is 0.676. The average molecular weight is 320 g/mol. The quantitative estimate of drug-likeness (QED) is 0.746. The van der Waals surface area contributed by atoms with E-state index < -0.39 is 0 Å². The van der Waals surface area contributed by atoms with Crippen molar-refractivity contribution in [3.63, 3.8) is 0 Å². The van der Waals surface area contributed by atoms with Gasteiger partial charge in [-0.2, -0.15) is 4.99 Å². The number of halogens is 1. The van der Waals surface area contributed by atoms with Crippen molar-refractivity contribution in [2.75, 3.05) is 13.1 Å². The van der Waals surface area contributed by atoms with E-state index in [9.17, 15) is 9.18 Å². The molecule has 0 spiro atoms. The standard InChI is InChI=1S/C16H17FN2O2S/c1-10-8-19(9-11(2)21-10)16-18-15(20)14(22-16)7-12-5-3-4-6-13(12)17/h3-7,10-11H,8-9H2,1-2H3/b14-7+. The minimum absolute atomic E-state index is 0.0988. The average Bonchev–Trinajstić information content (AvgIpc) is 2.82. The minimum atomic E-state index is -0.342. The van der Waals surface area contributed by atoms with Gasteiger partial charge in [0.1, 0.15) is 5.82 Å². The summed E-state index contributed by atoms with van der Waals surface area (Å²) < 4.78 is 19.4. The molecule has 2 unspecified atom stereocenters. The molecule has 0 aromatic heterocycles. The second kappa shape index (κ2) is 6.22. The summed E-state index contributed by atoms with van der Waals surface area (Å²) in [6.07, 6.45) is 1.76. The summed E-state index contributed by atoms with van der Waals surface area (Å²) in [7, 11) is 0. The molecule has 3 rings (SSSR count). The van der Waals surface area contributed by atoms with Gasteiger partial charge in [-0.05, 0) is 37.8 Å². The third-order valence-electron chi connectivity index (χ3n) is 3.49. The Morgan fingerprint density at radius 3 is 2.68 bits per heavy atom. The summed E-state index contributed by atoms with van der Waals surface area (Å²) in [5.41, 5.74) is 0.401. The van der Waals surface area contributed by atoms with Crippen molar-refractivity contribution in [3.05, 3.63) is 40.6 Å². The number of nitrogens with zero attached hydrogens (tertiary/aromatic N) is 2. The van der Waals surface area contributed by atoms with Crippen molar-refractivity contribution in [2.45, 2.75) is 26.1 Å². The summed E-state index contributed by atoms with van der Waals surface area (Å²) in [6, 6.07) is 6.39. The molecule has 0 bridgehead atoms. The monoisotopic (exact) mass is 320 g/mol. The lowest BCUT2D eigenvalue weighted by atomic mass is 10.2. The summed E-state index contributed by atoms with van der Waals surface area (Å²) in [6.45, 7) is 5.41. The van der Waals surface area contributed by atoms with Gasteiger partial charge in [-0.1, -0.05) is 18.2 Å². The Kier molecular flexibility index (Phi) is 4.31. The second-order valence-electron chi connectivity index (χ2n) is 5.49. The van der Waals surface area contributed by atoms with E-state index in [1.54, 1.807) is 24.3 Å². The predicted octanol–water partition coefficient (Wildman–Crippen LogP) is 2.91. The number of morpholine rings is 1. The van der Waals surface area contributed by atoms with Crippen LogP contribution < -0.4 is 0 Å². The fourth-order valence-electron chi connectivity index (χ4n) is 2.60. The highest BCUT2D eigenvalue weighted by Gasteiger charge is 2.31. The lowest BCUT2D eigenvalue weighted by Crippen LogP contribution is -2.47. The lowest BCUT2D eigenvalue weighted by molar-refractivity contribution is -0.113. The fraction of sp³-hybridized carbons (Fsp3) is 0.375. The maximum atomic E-state index is 13.7. The zero-order valence-corrected chi connectivity index (χ0v) is 13.3.